The summed E-state index contributed by atoms with van der Waals surface area (Å²) in [6.45, 7) is 5.77. The van der Waals surface area contributed by atoms with E-state index in [1.54, 1.807) is 0 Å². The lowest BCUT2D eigenvalue weighted by Gasteiger charge is -2.13. The van der Waals surface area contributed by atoms with E-state index in [-0.39, 0.29) is 5.91 Å². The molecule has 3 heteroatoms. The molecule has 0 fully saturated rings. The number of hydrogen-bond donors (Lipinski definition) is 2. The van der Waals surface area contributed by atoms with Crippen LogP contribution in [0.4, 0.5) is 11.4 Å². The van der Waals surface area contributed by atoms with Crippen molar-refractivity contribution in [3.05, 3.63) is 24.3 Å². The maximum absolute atomic E-state index is 10.9. The summed E-state index contributed by atoms with van der Waals surface area (Å²) in [5.41, 5.74) is 1.87. The molecule has 1 amide bonds. The van der Waals surface area contributed by atoms with E-state index >= 15 is 0 Å². The Hall–Kier alpha value is -1.51. The summed E-state index contributed by atoms with van der Waals surface area (Å²) in [6, 6.07) is 8.18. The molecular formula is C12H18N2O. The van der Waals surface area contributed by atoms with Gasteiger partial charge in [0.05, 0.1) is 0 Å². The number of anilines is 2. The largest absolute Gasteiger partial charge is 0.383 e. The van der Waals surface area contributed by atoms with Crippen LogP contribution in [0.15, 0.2) is 24.3 Å². The second kappa shape index (κ2) is 5.39. The molecule has 0 radical (unpaired) electrons. The molecule has 1 aromatic rings. The van der Waals surface area contributed by atoms with E-state index in [0.29, 0.717) is 6.04 Å². The van der Waals surface area contributed by atoms with E-state index < -0.39 is 0 Å². The smallest absolute Gasteiger partial charge is 0.221 e. The van der Waals surface area contributed by atoms with Gasteiger partial charge in [0.1, 0.15) is 0 Å². The number of benzene rings is 1. The van der Waals surface area contributed by atoms with Gasteiger partial charge in [0.25, 0.3) is 0 Å². The van der Waals surface area contributed by atoms with Gasteiger partial charge >= 0.3 is 0 Å². The monoisotopic (exact) mass is 206 g/mol. The lowest BCUT2D eigenvalue weighted by Crippen LogP contribution is -2.13. The van der Waals surface area contributed by atoms with Crippen LogP contribution in [0.25, 0.3) is 0 Å². The average molecular weight is 206 g/mol. The lowest BCUT2D eigenvalue weighted by atomic mass is 10.2. The van der Waals surface area contributed by atoms with Crippen molar-refractivity contribution in [3.63, 3.8) is 0 Å². The van der Waals surface area contributed by atoms with Gasteiger partial charge in [-0.2, -0.15) is 0 Å². The first-order chi connectivity index (χ1) is 7.11. The Bertz CT molecular complexity index is 336. The zero-order chi connectivity index (χ0) is 11.3. The molecule has 0 aliphatic carbocycles. The summed E-state index contributed by atoms with van der Waals surface area (Å²) in [5.74, 6) is -0.0457. The van der Waals surface area contributed by atoms with E-state index in [4.69, 9.17) is 0 Å². The number of carbonyl (C=O) groups excluding carboxylic acids is 1. The average Bonchev–Trinajstić information content (AvgIpc) is 2.17. The van der Waals surface area contributed by atoms with E-state index in [1.165, 1.54) is 6.92 Å². The molecule has 1 atom stereocenters. The maximum Gasteiger partial charge on any atom is 0.221 e. The minimum atomic E-state index is -0.0457. The van der Waals surface area contributed by atoms with Gasteiger partial charge in [-0.05, 0) is 31.5 Å². The molecule has 1 aromatic carbocycles. The molecule has 0 saturated carbocycles. The Morgan fingerprint density at radius 1 is 1.40 bits per heavy atom. The van der Waals surface area contributed by atoms with Gasteiger partial charge in [0.2, 0.25) is 5.91 Å². The van der Waals surface area contributed by atoms with Gasteiger partial charge in [-0.3, -0.25) is 4.79 Å². The molecule has 0 aromatic heterocycles. The van der Waals surface area contributed by atoms with Crippen LogP contribution in [0, 0.1) is 0 Å². The first-order valence-corrected chi connectivity index (χ1v) is 5.26. The van der Waals surface area contributed by atoms with E-state index in [1.807, 2.05) is 24.3 Å². The van der Waals surface area contributed by atoms with Crippen molar-refractivity contribution in [2.24, 2.45) is 0 Å². The zero-order valence-corrected chi connectivity index (χ0v) is 9.50. The van der Waals surface area contributed by atoms with Gasteiger partial charge in [-0.25, -0.2) is 0 Å². The first-order valence-electron chi connectivity index (χ1n) is 5.26. The minimum Gasteiger partial charge on any atom is -0.383 e. The van der Waals surface area contributed by atoms with Crippen molar-refractivity contribution in [3.8, 4) is 0 Å². The van der Waals surface area contributed by atoms with Crippen LogP contribution in [-0.2, 0) is 4.79 Å². The predicted molar refractivity (Wildman–Crippen MR) is 64.1 cm³/mol. The summed E-state index contributed by atoms with van der Waals surface area (Å²) in [4.78, 5) is 10.9. The first kappa shape index (κ1) is 11.6. The Morgan fingerprint density at radius 3 is 2.67 bits per heavy atom. The Labute approximate surface area is 90.9 Å². The van der Waals surface area contributed by atoms with Crippen LogP contribution < -0.4 is 10.6 Å². The molecule has 0 bridgehead atoms. The standard InChI is InChI=1S/C12H18N2O/c1-4-9(2)13-11-6-5-7-12(8-11)14-10(3)15/h5-9,13H,4H2,1-3H3,(H,14,15). The Kier molecular flexibility index (Phi) is 4.16. The molecule has 0 saturated heterocycles. The highest BCUT2D eigenvalue weighted by molar-refractivity contribution is 5.89. The maximum atomic E-state index is 10.9. The van der Waals surface area contributed by atoms with Gasteiger partial charge in [-0.15, -0.1) is 0 Å². The van der Waals surface area contributed by atoms with Gasteiger partial charge in [0.15, 0.2) is 0 Å². The van der Waals surface area contributed by atoms with Crippen LogP contribution in [0.1, 0.15) is 27.2 Å². The lowest BCUT2D eigenvalue weighted by molar-refractivity contribution is -0.114. The fraction of sp³-hybridized carbons (Fsp3) is 0.417. The molecule has 3 nitrogen and oxygen atoms in total. The van der Waals surface area contributed by atoms with Crippen molar-refractivity contribution in [1.29, 1.82) is 0 Å². The fourth-order valence-electron chi connectivity index (χ4n) is 1.28. The predicted octanol–water partition coefficient (Wildman–Crippen LogP) is 2.86. The molecule has 0 spiro atoms. The van der Waals surface area contributed by atoms with Crippen molar-refractivity contribution in [2.45, 2.75) is 33.2 Å². The minimum absolute atomic E-state index is 0.0457. The summed E-state index contributed by atoms with van der Waals surface area (Å²) in [6.07, 6.45) is 1.07. The van der Waals surface area contributed by atoms with Crippen molar-refractivity contribution in [2.75, 3.05) is 10.6 Å². The van der Waals surface area contributed by atoms with E-state index in [0.717, 1.165) is 17.8 Å². The van der Waals surface area contributed by atoms with E-state index in [9.17, 15) is 4.79 Å². The van der Waals surface area contributed by atoms with Gasteiger partial charge in [-0.1, -0.05) is 13.0 Å². The van der Waals surface area contributed by atoms with Gasteiger partial charge in [0, 0.05) is 24.3 Å². The molecule has 15 heavy (non-hydrogen) atoms. The highest BCUT2D eigenvalue weighted by Gasteiger charge is 2.00. The summed E-state index contributed by atoms with van der Waals surface area (Å²) in [5, 5.41) is 6.11. The summed E-state index contributed by atoms with van der Waals surface area (Å²) >= 11 is 0. The second-order valence-electron chi connectivity index (χ2n) is 3.72. The van der Waals surface area contributed by atoms with Crippen LogP contribution in [0.2, 0.25) is 0 Å². The fourth-order valence-corrected chi connectivity index (χ4v) is 1.28. The van der Waals surface area contributed by atoms with Crippen LogP contribution in [0.3, 0.4) is 0 Å². The molecule has 1 unspecified atom stereocenters. The number of carbonyl (C=O) groups is 1. The molecule has 1 rings (SSSR count). The van der Waals surface area contributed by atoms with Crippen LogP contribution >= 0.6 is 0 Å². The highest BCUT2D eigenvalue weighted by atomic mass is 16.1. The third-order valence-corrected chi connectivity index (χ3v) is 2.21. The van der Waals surface area contributed by atoms with Crippen molar-refractivity contribution >= 4 is 17.3 Å². The number of nitrogens with one attached hydrogen (secondary N) is 2. The zero-order valence-electron chi connectivity index (χ0n) is 9.50. The Morgan fingerprint density at radius 2 is 2.07 bits per heavy atom. The summed E-state index contributed by atoms with van der Waals surface area (Å²) in [7, 11) is 0. The normalized spacial score (nSPS) is 11.9. The molecule has 0 aliphatic heterocycles. The molecular weight excluding hydrogens is 188 g/mol. The Balaban J connectivity index is 2.69. The number of amides is 1. The number of hydrogen-bond acceptors (Lipinski definition) is 2. The quantitative estimate of drug-likeness (QED) is 0.795. The van der Waals surface area contributed by atoms with Crippen molar-refractivity contribution < 1.29 is 4.79 Å². The van der Waals surface area contributed by atoms with Crippen molar-refractivity contribution in [1.82, 2.24) is 0 Å². The molecule has 0 aliphatic rings. The number of rotatable bonds is 4. The van der Waals surface area contributed by atoms with Crippen LogP contribution in [0.5, 0.6) is 0 Å². The molecule has 82 valence electrons. The third-order valence-electron chi connectivity index (χ3n) is 2.21. The van der Waals surface area contributed by atoms with Gasteiger partial charge < -0.3 is 10.6 Å². The topological polar surface area (TPSA) is 41.1 Å². The van der Waals surface area contributed by atoms with E-state index in [2.05, 4.69) is 24.5 Å². The highest BCUT2D eigenvalue weighted by Crippen LogP contribution is 2.16. The second-order valence-corrected chi connectivity index (χ2v) is 3.72. The SMILES string of the molecule is CCC(C)Nc1cccc(NC(C)=O)c1. The van der Waals surface area contributed by atoms with Crippen LogP contribution in [-0.4, -0.2) is 11.9 Å². The molecule has 0 heterocycles. The third kappa shape index (κ3) is 4.02. The summed E-state index contributed by atoms with van der Waals surface area (Å²) < 4.78 is 0. The molecule has 2 N–H and O–H groups in total.